The van der Waals surface area contributed by atoms with Gasteiger partial charge in [0.2, 0.25) is 0 Å². The lowest BCUT2D eigenvalue weighted by molar-refractivity contribution is -0.139. The summed E-state index contributed by atoms with van der Waals surface area (Å²) < 4.78 is 5.23. The minimum absolute atomic E-state index is 0.115. The molecule has 1 unspecified atom stereocenters. The Morgan fingerprint density at radius 2 is 1.95 bits per heavy atom. The zero-order chi connectivity index (χ0) is 14.5. The molecule has 0 saturated carbocycles. The average Bonchev–Trinajstić information content (AvgIpc) is 2.69. The third kappa shape index (κ3) is 3.50. The van der Waals surface area contributed by atoms with Gasteiger partial charge in [0, 0.05) is 13.1 Å². The van der Waals surface area contributed by atoms with E-state index in [4.69, 9.17) is 10.5 Å². The number of nitrogens with zero attached hydrogens (tertiary/aromatic N) is 1. The van der Waals surface area contributed by atoms with Crippen molar-refractivity contribution in [2.45, 2.75) is 38.7 Å². The van der Waals surface area contributed by atoms with E-state index in [1.165, 1.54) is 11.3 Å². The number of thiophene rings is 1. The number of hydrogen-bond donors (Lipinski definition) is 1. The molecule has 2 N–H and O–H groups in total. The number of carbonyl (C=O) groups excluding carboxylic acids is 2. The summed E-state index contributed by atoms with van der Waals surface area (Å²) in [6.07, 6.45) is 3.59. The number of amides is 1. The van der Waals surface area contributed by atoms with E-state index in [1.807, 2.05) is 0 Å². The van der Waals surface area contributed by atoms with Crippen molar-refractivity contribution in [3.05, 3.63) is 16.3 Å². The minimum Gasteiger partial charge on any atom is -0.448 e. The number of nitrogen functional groups attached to an aromatic ring is 1. The minimum atomic E-state index is -0.762. The topological polar surface area (TPSA) is 72.6 Å². The van der Waals surface area contributed by atoms with E-state index in [9.17, 15) is 9.59 Å². The molecule has 1 atom stereocenters. The number of hydrogen-bond acceptors (Lipinski definition) is 5. The predicted molar refractivity (Wildman–Crippen MR) is 78.7 cm³/mol. The van der Waals surface area contributed by atoms with E-state index in [0.29, 0.717) is 10.6 Å². The highest BCUT2D eigenvalue weighted by molar-refractivity contribution is 7.12. The molecule has 1 aliphatic rings. The van der Waals surface area contributed by atoms with Crippen LogP contribution in [0, 0.1) is 0 Å². The van der Waals surface area contributed by atoms with Gasteiger partial charge in [0.25, 0.3) is 5.91 Å². The molecule has 6 heteroatoms. The zero-order valence-electron chi connectivity index (χ0n) is 11.6. The Bertz CT molecular complexity index is 479. The van der Waals surface area contributed by atoms with Gasteiger partial charge in [-0.2, -0.15) is 0 Å². The number of likely N-dealkylation sites (tertiary alicyclic amines) is 1. The number of ether oxygens (including phenoxy) is 1. The summed E-state index contributed by atoms with van der Waals surface area (Å²) in [5.41, 5.74) is 6.07. The number of rotatable bonds is 3. The highest BCUT2D eigenvalue weighted by Crippen LogP contribution is 2.21. The molecular formula is C14H20N2O3S. The molecule has 1 aromatic heterocycles. The van der Waals surface area contributed by atoms with E-state index in [2.05, 4.69) is 0 Å². The maximum atomic E-state index is 12.3. The molecule has 1 fully saturated rings. The lowest BCUT2D eigenvalue weighted by atomic mass is 10.2. The largest absolute Gasteiger partial charge is 0.448 e. The van der Waals surface area contributed by atoms with E-state index >= 15 is 0 Å². The monoisotopic (exact) mass is 296 g/mol. The lowest BCUT2D eigenvalue weighted by Crippen LogP contribution is -2.40. The van der Waals surface area contributed by atoms with Crippen LogP contribution in [0.1, 0.15) is 42.3 Å². The molecule has 20 heavy (non-hydrogen) atoms. The molecule has 1 amide bonds. The van der Waals surface area contributed by atoms with Crippen molar-refractivity contribution in [2.75, 3.05) is 18.8 Å². The maximum Gasteiger partial charge on any atom is 0.351 e. The third-order valence-electron chi connectivity index (χ3n) is 3.43. The Kier molecular flexibility index (Phi) is 5.00. The molecule has 1 aromatic rings. The Hall–Kier alpha value is -1.56. The first kappa shape index (κ1) is 14.8. The Balaban J connectivity index is 1.93. The molecule has 1 aliphatic heterocycles. The number of carbonyl (C=O) groups is 2. The summed E-state index contributed by atoms with van der Waals surface area (Å²) in [4.78, 5) is 26.3. The van der Waals surface area contributed by atoms with E-state index in [-0.39, 0.29) is 5.91 Å². The number of anilines is 1. The summed E-state index contributed by atoms with van der Waals surface area (Å²) in [5.74, 6) is -0.636. The Morgan fingerprint density at radius 1 is 1.30 bits per heavy atom. The van der Waals surface area contributed by atoms with Crippen LogP contribution in [-0.2, 0) is 9.53 Å². The van der Waals surface area contributed by atoms with Crippen LogP contribution in [0.3, 0.4) is 0 Å². The molecule has 0 bridgehead atoms. The molecule has 0 radical (unpaired) electrons. The van der Waals surface area contributed by atoms with Crippen molar-refractivity contribution in [1.29, 1.82) is 0 Å². The van der Waals surface area contributed by atoms with E-state index in [1.54, 1.807) is 23.3 Å². The first-order valence-corrected chi connectivity index (χ1v) is 7.80. The highest BCUT2D eigenvalue weighted by Gasteiger charge is 2.25. The van der Waals surface area contributed by atoms with Crippen molar-refractivity contribution in [3.63, 3.8) is 0 Å². The standard InChI is InChI=1S/C14H20N2O3S/c1-10(13(17)16-7-4-2-3-5-8-16)19-14(18)12-11(15)6-9-20-12/h6,9-10H,2-5,7-8,15H2,1H3. The SMILES string of the molecule is CC(OC(=O)c1sccc1N)C(=O)N1CCCCCC1. The van der Waals surface area contributed by atoms with Gasteiger partial charge in [0.1, 0.15) is 4.88 Å². The molecule has 1 saturated heterocycles. The van der Waals surface area contributed by atoms with Crippen LogP contribution in [0.4, 0.5) is 5.69 Å². The second-order valence-corrected chi connectivity index (χ2v) is 5.91. The van der Waals surface area contributed by atoms with Crippen molar-refractivity contribution < 1.29 is 14.3 Å². The van der Waals surface area contributed by atoms with Crippen LogP contribution in [0.2, 0.25) is 0 Å². The van der Waals surface area contributed by atoms with Crippen molar-refractivity contribution in [2.24, 2.45) is 0 Å². The Morgan fingerprint density at radius 3 is 2.50 bits per heavy atom. The van der Waals surface area contributed by atoms with Crippen molar-refractivity contribution in [3.8, 4) is 0 Å². The molecule has 0 spiro atoms. The second kappa shape index (κ2) is 6.74. The van der Waals surface area contributed by atoms with E-state index < -0.39 is 12.1 Å². The van der Waals surface area contributed by atoms with Crippen molar-refractivity contribution in [1.82, 2.24) is 4.90 Å². The van der Waals surface area contributed by atoms with Gasteiger partial charge in [0.15, 0.2) is 6.10 Å². The average molecular weight is 296 g/mol. The summed E-state index contributed by atoms with van der Waals surface area (Å²) in [6, 6.07) is 1.66. The van der Waals surface area contributed by atoms with Gasteiger partial charge in [-0.05, 0) is 31.2 Å². The lowest BCUT2D eigenvalue weighted by Gasteiger charge is -2.23. The summed E-state index contributed by atoms with van der Waals surface area (Å²) in [7, 11) is 0. The summed E-state index contributed by atoms with van der Waals surface area (Å²) in [5, 5.41) is 1.73. The molecule has 110 valence electrons. The highest BCUT2D eigenvalue weighted by atomic mass is 32.1. The molecule has 2 heterocycles. The smallest absolute Gasteiger partial charge is 0.351 e. The van der Waals surface area contributed by atoms with Gasteiger partial charge in [-0.1, -0.05) is 12.8 Å². The quantitative estimate of drug-likeness (QED) is 0.869. The fourth-order valence-electron chi connectivity index (χ4n) is 2.30. The fraction of sp³-hybridized carbons (Fsp3) is 0.571. The molecular weight excluding hydrogens is 276 g/mol. The summed E-state index contributed by atoms with van der Waals surface area (Å²) in [6.45, 7) is 3.12. The predicted octanol–water partition coefficient (Wildman–Crippen LogP) is 2.28. The van der Waals surface area contributed by atoms with Crippen LogP contribution >= 0.6 is 11.3 Å². The molecule has 0 aromatic carbocycles. The van der Waals surface area contributed by atoms with Gasteiger partial charge < -0.3 is 15.4 Å². The van der Waals surface area contributed by atoms with Crippen molar-refractivity contribution >= 4 is 28.9 Å². The first-order valence-electron chi connectivity index (χ1n) is 6.92. The van der Waals surface area contributed by atoms with Gasteiger partial charge >= 0.3 is 5.97 Å². The van der Waals surface area contributed by atoms with Crippen LogP contribution < -0.4 is 5.73 Å². The van der Waals surface area contributed by atoms with Gasteiger partial charge in [0.05, 0.1) is 5.69 Å². The first-order chi connectivity index (χ1) is 9.59. The van der Waals surface area contributed by atoms with Crippen LogP contribution in [0.25, 0.3) is 0 Å². The normalized spacial score (nSPS) is 17.4. The maximum absolute atomic E-state index is 12.3. The third-order valence-corrected chi connectivity index (χ3v) is 4.34. The number of nitrogens with two attached hydrogens (primary N) is 1. The molecule has 2 rings (SSSR count). The fourth-order valence-corrected chi connectivity index (χ4v) is 3.00. The van der Waals surface area contributed by atoms with Gasteiger partial charge in [-0.3, -0.25) is 4.79 Å². The van der Waals surface area contributed by atoms with Crippen LogP contribution in [0.15, 0.2) is 11.4 Å². The zero-order valence-corrected chi connectivity index (χ0v) is 12.4. The molecule has 0 aliphatic carbocycles. The Labute approximate surface area is 122 Å². The van der Waals surface area contributed by atoms with Gasteiger partial charge in [-0.15, -0.1) is 11.3 Å². The number of esters is 1. The van der Waals surface area contributed by atoms with Gasteiger partial charge in [-0.25, -0.2) is 4.79 Å². The van der Waals surface area contributed by atoms with Crippen LogP contribution in [-0.4, -0.2) is 36.0 Å². The second-order valence-electron chi connectivity index (χ2n) is 4.99. The summed E-state index contributed by atoms with van der Waals surface area (Å²) >= 11 is 1.23. The molecule has 5 nitrogen and oxygen atoms in total. The van der Waals surface area contributed by atoms with Crippen LogP contribution in [0.5, 0.6) is 0 Å². The van der Waals surface area contributed by atoms with E-state index in [0.717, 1.165) is 38.8 Å².